The summed E-state index contributed by atoms with van der Waals surface area (Å²) in [7, 11) is 3.65. The fraction of sp³-hybridized carbons (Fsp3) is 0.400. The molecule has 19 heavy (non-hydrogen) atoms. The molecular formula is C15H21N3O. The van der Waals surface area contributed by atoms with Gasteiger partial charge in [-0.25, -0.2) is 0 Å². The van der Waals surface area contributed by atoms with E-state index in [1.165, 1.54) is 5.56 Å². The highest BCUT2D eigenvalue weighted by atomic mass is 16.5. The molecule has 1 N–H and O–H groups in total. The minimum absolute atomic E-state index is 0.373. The van der Waals surface area contributed by atoms with Crippen LogP contribution in [0.3, 0.4) is 0 Å². The largest absolute Gasteiger partial charge is 0.496 e. The molecule has 0 fully saturated rings. The van der Waals surface area contributed by atoms with E-state index < -0.39 is 0 Å². The molecule has 2 rings (SSSR count). The molecule has 4 heteroatoms. The van der Waals surface area contributed by atoms with Crippen LogP contribution in [0.15, 0.2) is 36.5 Å². The highest BCUT2D eigenvalue weighted by molar-refractivity contribution is 5.33. The Balaban J connectivity index is 1.88. The van der Waals surface area contributed by atoms with E-state index in [2.05, 4.69) is 23.4 Å². The average Bonchev–Trinajstić information content (AvgIpc) is 2.83. The zero-order valence-corrected chi connectivity index (χ0v) is 11.8. The van der Waals surface area contributed by atoms with Crippen LogP contribution in [0.1, 0.15) is 18.2 Å². The summed E-state index contributed by atoms with van der Waals surface area (Å²) < 4.78 is 7.19. The molecule has 0 aliphatic heterocycles. The summed E-state index contributed by atoms with van der Waals surface area (Å²) in [6, 6.07) is 10.6. The lowest BCUT2D eigenvalue weighted by atomic mass is 10.1. The summed E-state index contributed by atoms with van der Waals surface area (Å²) in [5, 5.41) is 7.83. The van der Waals surface area contributed by atoms with Gasteiger partial charge in [0.2, 0.25) is 0 Å². The number of rotatable bonds is 6. The minimum Gasteiger partial charge on any atom is -0.496 e. The van der Waals surface area contributed by atoms with Crippen molar-refractivity contribution in [2.45, 2.75) is 25.9 Å². The third-order valence-corrected chi connectivity index (χ3v) is 3.12. The number of aromatic nitrogens is 2. The number of hydrogen-bond acceptors (Lipinski definition) is 3. The molecule has 0 saturated carbocycles. The summed E-state index contributed by atoms with van der Waals surface area (Å²) in [6.07, 6.45) is 2.90. The van der Waals surface area contributed by atoms with Gasteiger partial charge in [0.1, 0.15) is 5.75 Å². The second-order valence-corrected chi connectivity index (χ2v) is 4.78. The third-order valence-electron chi connectivity index (χ3n) is 3.12. The first-order chi connectivity index (χ1) is 9.19. The van der Waals surface area contributed by atoms with E-state index in [-0.39, 0.29) is 0 Å². The molecule has 4 nitrogen and oxygen atoms in total. The van der Waals surface area contributed by atoms with Crippen molar-refractivity contribution in [2.24, 2.45) is 7.05 Å². The summed E-state index contributed by atoms with van der Waals surface area (Å²) >= 11 is 0. The molecular weight excluding hydrogens is 238 g/mol. The number of para-hydroxylation sites is 1. The zero-order valence-electron chi connectivity index (χ0n) is 11.8. The molecule has 0 aliphatic rings. The van der Waals surface area contributed by atoms with Crippen molar-refractivity contribution in [1.82, 2.24) is 15.1 Å². The van der Waals surface area contributed by atoms with Crippen LogP contribution >= 0.6 is 0 Å². The summed E-state index contributed by atoms with van der Waals surface area (Å²) in [6.45, 7) is 2.96. The fourth-order valence-corrected chi connectivity index (χ4v) is 2.11. The Morgan fingerprint density at radius 1 is 1.32 bits per heavy atom. The van der Waals surface area contributed by atoms with Gasteiger partial charge in [-0.05, 0) is 31.0 Å². The van der Waals surface area contributed by atoms with Crippen LogP contribution in [0.25, 0.3) is 0 Å². The van der Waals surface area contributed by atoms with Gasteiger partial charge in [0.15, 0.2) is 0 Å². The molecule has 0 amide bonds. The van der Waals surface area contributed by atoms with E-state index in [0.717, 1.165) is 24.4 Å². The topological polar surface area (TPSA) is 39.1 Å². The monoisotopic (exact) mass is 259 g/mol. The van der Waals surface area contributed by atoms with E-state index in [4.69, 9.17) is 4.74 Å². The van der Waals surface area contributed by atoms with Crippen molar-refractivity contribution in [3.8, 4) is 5.75 Å². The van der Waals surface area contributed by atoms with Crippen LogP contribution in [0.5, 0.6) is 5.75 Å². The van der Waals surface area contributed by atoms with Gasteiger partial charge in [-0.2, -0.15) is 5.10 Å². The fourth-order valence-electron chi connectivity index (χ4n) is 2.11. The van der Waals surface area contributed by atoms with E-state index in [1.807, 2.05) is 42.2 Å². The maximum Gasteiger partial charge on any atom is 0.122 e. The first kappa shape index (κ1) is 13.6. The highest BCUT2D eigenvalue weighted by Gasteiger charge is 2.08. The molecule has 0 bridgehead atoms. The van der Waals surface area contributed by atoms with Crippen molar-refractivity contribution >= 4 is 0 Å². The standard InChI is InChI=1S/C15H21N3O/c1-12(16-11-14-8-9-18(2)17-14)10-13-6-4-5-7-15(13)19-3/h4-9,12,16H,10-11H2,1-3H3. The number of nitrogens with zero attached hydrogens (tertiary/aromatic N) is 2. The van der Waals surface area contributed by atoms with Crippen LogP contribution in [-0.4, -0.2) is 22.9 Å². The smallest absolute Gasteiger partial charge is 0.122 e. The van der Waals surface area contributed by atoms with Crippen LogP contribution < -0.4 is 10.1 Å². The Labute approximate surface area is 114 Å². The van der Waals surface area contributed by atoms with Crippen molar-refractivity contribution < 1.29 is 4.74 Å². The van der Waals surface area contributed by atoms with Crippen molar-refractivity contribution in [3.63, 3.8) is 0 Å². The number of hydrogen-bond donors (Lipinski definition) is 1. The molecule has 1 unspecified atom stereocenters. The number of benzene rings is 1. The van der Waals surface area contributed by atoms with E-state index in [1.54, 1.807) is 7.11 Å². The van der Waals surface area contributed by atoms with Gasteiger partial charge in [0, 0.05) is 25.8 Å². The Hall–Kier alpha value is -1.81. The molecule has 0 spiro atoms. The predicted molar refractivity (Wildman–Crippen MR) is 76.2 cm³/mol. The molecule has 1 atom stereocenters. The van der Waals surface area contributed by atoms with Crippen LogP contribution in [-0.2, 0) is 20.0 Å². The second-order valence-electron chi connectivity index (χ2n) is 4.78. The molecule has 0 radical (unpaired) electrons. The van der Waals surface area contributed by atoms with Gasteiger partial charge in [-0.15, -0.1) is 0 Å². The predicted octanol–water partition coefficient (Wildman–Crippen LogP) is 2.15. The Kier molecular flexibility index (Phi) is 4.58. The van der Waals surface area contributed by atoms with E-state index >= 15 is 0 Å². The lowest BCUT2D eigenvalue weighted by molar-refractivity contribution is 0.406. The molecule has 0 aliphatic carbocycles. The number of methoxy groups -OCH3 is 1. The third kappa shape index (κ3) is 3.83. The molecule has 2 aromatic rings. The lowest BCUT2D eigenvalue weighted by Gasteiger charge is -2.15. The molecule has 1 heterocycles. The summed E-state index contributed by atoms with van der Waals surface area (Å²) in [5.41, 5.74) is 2.29. The minimum atomic E-state index is 0.373. The second kappa shape index (κ2) is 6.38. The van der Waals surface area contributed by atoms with E-state index in [9.17, 15) is 0 Å². The van der Waals surface area contributed by atoms with Crippen LogP contribution in [0.2, 0.25) is 0 Å². The van der Waals surface area contributed by atoms with Crippen molar-refractivity contribution in [2.75, 3.05) is 7.11 Å². The first-order valence-corrected chi connectivity index (χ1v) is 6.53. The maximum atomic E-state index is 5.37. The molecule has 0 saturated heterocycles. The molecule has 1 aromatic carbocycles. The van der Waals surface area contributed by atoms with Gasteiger partial charge in [-0.1, -0.05) is 18.2 Å². The number of ether oxygens (including phenoxy) is 1. The van der Waals surface area contributed by atoms with Gasteiger partial charge in [0.25, 0.3) is 0 Å². The normalized spacial score (nSPS) is 12.4. The van der Waals surface area contributed by atoms with Crippen molar-refractivity contribution in [1.29, 1.82) is 0 Å². The maximum absolute atomic E-state index is 5.37. The SMILES string of the molecule is COc1ccccc1CC(C)NCc1ccn(C)n1. The van der Waals surface area contributed by atoms with Gasteiger partial charge < -0.3 is 10.1 Å². The Bertz CT molecular complexity index is 522. The van der Waals surface area contributed by atoms with Crippen LogP contribution in [0.4, 0.5) is 0 Å². The van der Waals surface area contributed by atoms with Crippen molar-refractivity contribution in [3.05, 3.63) is 47.8 Å². The Morgan fingerprint density at radius 2 is 2.11 bits per heavy atom. The molecule has 1 aromatic heterocycles. The van der Waals surface area contributed by atoms with E-state index in [0.29, 0.717) is 6.04 Å². The summed E-state index contributed by atoms with van der Waals surface area (Å²) in [5.74, 6) is 0.953. The number of aryl methyl sites for hydroxylation is 1. The Morgan fingerprint density at radius 3 is 2.79 bits per heavy atom. The lowest BCUT2D eigenvalue weighted by Crippen LogP contribution is -2.27. The average molecular weight is 259 g/mol. The number of nitrogens with one attached hydrogen (secondary N) is 1. The van der Waals surface area contributed by atoms with Gasteiger partial charge in [-0.3, -0.25) is 4.68 Å². The first-order valence-electron chi connectivity index (χ1n) is 6.53. The zero-order chi connectivity index (χ0) is 13.7. The van der Waals surface area contributed by atoms with Gasteiger partial charge >= 0.3 is 0 Å². The van der Waals surface area contributed by atoms with Crippen LogP contribution in [0, 0.1) is 0 Å². The van der Waals surface area contributed by atoms with Gasteiger partial charge in [0.05, 0.1) is 12.8 Å². The summed E-state index contributed by atoms with van der Waals surface area (Å²) in [4.78, 5) is 0. The highest BCUT2D eigenvalue weighted by Crippen LogP contribution is 2.18. The quantitative estimate of drug-likeness (QED) is 0.864. The molecule has 102 valence electrons.